The van der Waals surface area contributed by atoms with Crippen molar-refractivity contribution in [3.63, 3.8) is 0 Å². The molecule has 6 nitrogen and oxygen atoms in total. The minimum atomic E-state index is -3.66. The predicted octanol–water partition coefficient (Wildman–Crippen LogP) is 0.0901. The first-order valence-electron chi connectivity index (χ1n) is 5.94. The lowest BCUT2D eigenvalue weighted by atomic mass is 10.1. The monoisotopic (exact) mass is 276 g/mol. The summed E-state index contributed by atoms with van der Waals surface area (Å²) in [6.45, 7) is 5.26. The largest absolute Gasteiger partial charge is 0.394 e. The SMILES string of the molecule is CCC(C#N)S(=O)(=O)N1CC(CO)OC(C)(C)C1. The highest BCUT2D eigenvalue weighted by Crippen LogP contribution is 2.25. The first-order valence-corrected chi connectivity index (χ1v) is 7.44. The summed E-state index contributed by atoms with van der Waals surface area (Å²) in [6.07, 6.45) is -0.292. The van der Waals surface area contributed by atoms with Crippen LogP contribution in [-0.4, -0.2) is 54.5 Å². The molecule has 104 valence electrons. The molecule has 0 aliphatic carbocycles. The zero-order chi connectivity index (χ0) is 14.0. The Hall–Kier alpha value is -0.680. The van der Waals surface area contributed by atoms with Gasteiger partial charge in [0.25, 0.3) is 0 Å². The number of rotatable bonds is 4. The molecule has 1 rings (SSSR count). The van der Waals surface area contributed by atoms with Gasteiger partial charge in [-0.1, -0.05) is 6.92 Å². The number of aliphatic hydroxyl groups is 1. The van der Waals surface area contributed by atoms with Crippen molar-refractivity contribution < 1.29 is 18.3 Å². The van der Waals surface area contributed by atoms with E-state index in [1.165, 1.54) is 4.31 Å². The molecule has 0 saturated carbocycles. The number of sulfonamides is 1. The maximum atomic E-state index is 12.3. The van der Waals surface area contributed by atoms with Gasteiger partial charge in [0.05, 0.1) is 24.4 Å². The fourth-order valence-electron chi connectivity index (χ4n) is 2.08. The van der Waals surface area contributed by atoms with Crippen LogP contribution in [0.2, 0.25) is 0 Å². The summed E-state index contributed by atoms with van der Waals surface area (Å²) in [5.41, 5.74) is -0.660. The third kappa shape index (κ3) is 3.20. The van der Waals surface area contributed by atoms with Crippen molar-refractivity contribution in [1.82, 2.24) is 4.31 Å². The van der Waals surface area contributed by atoms with Crippen LogP contribution in [0.4, 0.5) is 0 Å². The first kappa shape index (κ1) is 15.4. The highest BCUT2D eigenvalue weighted by Gasteiger charge is 2.41. The Balaban J connectivity index is 2.98. The standard InChI is InChI=1S/C11H20N2O4S/c1-4-10(5-12)18(15,16)13-6-9(7-14)17-11(2,3)8-13/h9-10,14H,4,6-8H2,1-3H3. The van der Waals surface area contributed by atoms with Gasteiger partial charge in [0.2, 0.25) is 10.0 Å². The average molecular weight is 276 g/mol. The topological polar surface area (TPSA) is 90.6 Å². The molecular weight excluding hydrogens is 256 g/mol. The molecule has 18 heavy (non-hydrogen) atoms. The van der Waals surface area contributed by atoms with Crippen LogP contribution in [0.15, 0.2) is 0 Å². The normalized spacial score (nSPS) is 26.5. The highest BCUT2D eigenvalue weighted by atomic mass is 32.2. The first-order chi connectivity index (χ1) is 8.26. The second-order valence-corrected chi connectivity index (χ2v) is 7.16. The molecule has 7 heteroatoms. The van der Waals surface area contributed by atoms with Crippen molar-refractivity contribution in [2.45, 2.75) is 44.1 Å². The maximum Gasteiger partial charge on any atom is 0.230 e. The predicted molar refractivity (Wildman–Crippen MR) is 66.2 cm³/mol. The van der Waals surface area contributed by atoms with E-state index in [1.807, 2.05) is 6.07 Å². The van der Waals surface area contributed by atoms with Crippen LogP contribution in [0.25, 0.3) is 0 Å². The Morgan fingerprint density at radius 2 is 2.22 bits per heavy atom. The molecule has 0 aromatic rings. The zero-order valence-electron chi connectivity index (χ0n) is 11.0. The molecule has 1 N–H and O–H groups in total. The minimum Gasteiger partial charge on any atom is -0.394 e. The molecule has 1 aliphatic rings. The van der Waals surface area contributed by atoms with Crippen molar-refractivity contribution in [2.75, 3.05) is 19.7 Å². The molecule has 1 saturated heterocycles. The molecule has 0 bridgehead atoms. The van der Waals surface area contributed by atoms with Gasteiger partial charge in [-0.15, -0.1) is 0 Å². The molecule has 2 unspecified atom stereocenters. The van der Waals surface area contributed by atoms with Gasteiger partial charge in [-0.3, -0.25) is 0 Å². The Morgan fingerprint density at radius 3 is 2.67 bits per heavy atom. The zero-order valence-corrected chi connectivity index (χ0v) is 11.8. The van der Waals surface area contributed by atoms with E-state index in [2.05, 4.69) is 0 Å². The number of nitrogens with zero attached hydrogens (tertiary/aromatic N) is 2. The van der Waals surface area contributed by atoms with E-state index >= 15 is 0 Å². The Morgan fingerprint density at radius 1 is 1.61 bits per heavy atom. The van der Waals surface area contributed by atoms with Crippen LogP contribution in [-0.2, 0) is 14.8 Å². The third-order valence-corrected chi connectivity index (χ3v) is 5.04. The van der Waals surface area contributed by atoms with E-state index in [1.54, 1.807) is 20.8 Å². The molecule has 1 fully saturated rings. The molecular formula is C11H20N2O4S. The second kappa shape index (κ2) is 5.53. The summed E-state index contributed by atoms with van der Waals surface area (Å²) in [5.74, 6) is 0. The smallest absolute Gasteiger partial charge is 0.230 e. The van der Waals surface area contributed by atoms with Crippen LogP contribution in [0, 0.1) is 11.3 Å². The number of hydrogen-bond donors (Lipinski definition) is 1. The van der Waals surface area contributed by atoms with Crippen LogP contribution >= 0.6 is 0 Å². The van der Waals surface area contributed by atoms with Gasteiger partial charge < -0.3 is 9.84 Å². The summed E-state index contributed by atoms with van der Waals surface area (Å²) in [4.78, 5) is 0. The fraction of sp³-hybridized carbons (Fsp3) is 0.909. The highest BCUT2D eigenvalue weighted by molar-refractivity contribution is 7.90. The van der Waals surface area contributed by atoms with Gasteiger partial charge in [-0.25, -0.2) is 8.42 Å². The molecule has 0 aromatic heterocycles. The molecule has 0 amide bonds. The lowest BCUT2D eigenvalue weighted by Crippen LogP contribution is -2.57. The van der Waals surface area contributed by atoms with Crippen molar-refractivity contribution >= 4 is 10.0 Å². The van der Waals surface area contributed by atoms with Crippen molar-refractivity contribution in [2.24, 2.45) is 0 Å². The summed E-state index contributed by atoms with van der Waals surface area (Å²) in [7, 11) is -3.66. The summed E-state index contributed by atoms with van der Waals surface area (Å²) in [5, 5.41) is 17.0. The Kier molecular flexibility index (Phi) is 4.72. The summed E-state index contributed by atoms with van der Waals surface area (Å²) < 4.78 is 31.3. The third-order valence-electron chi connectivity index (χ3n) is 2.89. The van der Waals surface area contributed by atoms with Gasteiger partial charge in [0.1, 0.15) is 0 Å². The van der Waals surface area contributed by atoms with E-state index < -0.39 is 27.0 Å². The Labute approximate surface area is 108 Å². The number of ether oxygens (including phenoxy) is 1. The number of morpholine rings is 1. The van der Waals surface area contributed by atoms with E-state index in [0.717, 1.165) is 0 Å². The number of nitriles is 1. The van der Waals surface area contributed by atoms with Crippen molar-refractivity contribution in [3.05, 3.63) is 0 Å². The van der Waals surface area contributed by atoms with Crippen molar-refractivity contribution in [3.8, 4) is 6.07 Å². The maximum absolute atomic E-state index is 12.3. The average Bonchev–Trinajstić information content (AvgIpc) is 2.28. The van der Waals surface area contributed by atoms with Gasteiger partial charge in [0.15, 0.2) is 5.25 Å². The van der Waals surface area contributed by atoms with Crippen LogP contribution in [0.3, 0.4) is 0 Å². The quantitative estimate of drug-likeness (QED) is 0.786. The number of hydrogen-bond acceptors (Lipinski definition) is 5. The Bertz CT molecular complexity index is 427. The molecule has 0 spiro atoms. The van der Waals surface area contributed by atoms with Crippen LogP contribution in [0.1, 0.15) is 27.2 Å². The van der Waals surface area contributed by atoms with Gasteiger partial charge in [0, 0.05) is 13.1 Å². The molecule has 0 radical (unpaired) electrons. The fourth-order valence-corrected chi connectivity index (χ4v) is 3.86. The lowest BCUT2D eigenvalue weighted by molar-refractivity contribution is -0.131. The molecule has 0 aromatic carbocycles. The van der Waals surface area contributed by atoms with Crippen LogP contribution in [0.5, 0.6) is 0 Å². The van der Waals surface area contributed by atoms with Gasteiger partial charge in [-0.05, 0) is 20.3 Å². The molecule has 1 heterocycles. The van der Waals surface area contributed by atoms with E-state index in [-0.39, 0.29) is 26.1 Å². The molecule has 1 aliphatic heterocycles. The summed E-state index contributed by atoms with van der Waals surface area (Å²) >= 11 is 0. The van der Waals surface area contributed by atoms with Crippen LogP contribution < -0.4 is 0 Å². The van der Waals surface area contributed by atoms with E-state index in [9.17, 15) is 8.42 Å². The lowest BCUT2D eigenvalue weighted by Gasteiger charge is -2.41. The molecule has 2 atom stereocenters. The minimum absolute atomic E-state index is 0.0977. The van der Waals surface area contributed by atoms with Crippen molar-refractivity contribution in [1.29, 1.82) is 5.26 Å². The van der Waals surface area contributed by atoms with E-state index in [4.69, 9.17) is 15.1 Å². The van der Waals surface area contributed by atoms with Gasteiger partial charge >= 0.3 is 0 Å². The second-order valence-electron chi connectivity index (χ2n) is 5.05. The summed E-state index contributed by atoms with van der Waals surface area (Å²) in [6, 6.07) is 1.82. The number of aliphatic hydroxyl groups excluding tert-OH is 1. The van der Waals surface area contributed by atoms with E-state index in [0.29, 0.717) is 0 Å². The van der Waals surface area contributed by atoms with Gasteiger partial charge in [-0.2, -0.15) is 9.57 Å².